The van der Waals surface area contributed by atoms with Crippen LogP contribution in [0.2, 0.25) is 0 Å². The van der Waals surface area contributed by atoms with Crippen LogP contribution in [0.4, 0.5) is 0 Å². The Hall–Kier alpha value is -0.350. The van der Waals surface area contributed by atoms with Gasteiger partial charge in [-0.2, -0.15) is 0 Å². The molecule has 0 saturated heterocycles. The highest BCUT2D eigenvalue weighted by Crippen LogP contribution is 1.71. The van der Waals surface area contributed by atoms with Crippen LogP contribution in [0.3, 0.4) is 0 Å². The molecule has 0 heterocycles. The van der Waals surface area contributed by atoms with Gasteiger partial charge in [-0.05, 0) is 25.3 Å². The van der Waals surface area contributed by atoms with Crippen LogP contribution in [-0.2, 0) is 0 Å². The third-order valence-corrected chi connectivity index (χ3v) is 1.25. The van der Waals surface area contributed by atoms with Crippen molar-refractivity contribution in [3.63, 3.8) is 0 Å². The van der Waals surface area contributed by atoms with Gasteiger partial charge in [-0.1, -0.05) is 13.8 Å². The standard InChI is InChI=1S/C4H11N.C3H7NOS/c1-3-5-4-2;1-4(2)3(5)6/h5H,3-4H2,1-2H3;1-2H3,(H,5,6). The molecule has 0 aliphatic heterocycles. The maximum absolute atomic E-state index is 8.29. The maximum Gasteiger partial charge on any atom is 0.256 e. The molecule has 0 aromatic carbocycles. The predicted molar refractivity (Wildman–Crippen MR) is 53.1 cm³/mol. The molecule has 0 radical (unpaired) electrons. The fourth-order valence-electron chi connectivity index (χ4n) is 0.250. The largest absolute Gasteiger partial charge is 0.487 e. The van der Waals surface area contributed by atoms with Gasteiger partial charge in [0.15, 0.2) is 0 Å². The van der Waals surface area contributed by atoms with E-state index in [2.05, 4.69) is 31.4 Å². The van der Waals surface area contributed by atoms with Crippen molar-refractivity contribution >= 4 is 17.4 Å². The molecular weight excluding hydrogens is 160 g/mol. The number of hydrogen-bond donors (Lipinski definition) is 2. The van der Waals surface area contributed by atoms with Crippen molar-refractivity contribution in [2.24, 2.45) is 0 Å². The van der Waals surface area contributed by atoms with Gasteiger partial charge in [0.2, 0.25) is 0 Å². The van der Waals surface area contributed by atoms with E-state index in [0.717, 1.165) is 13.1 Å². The Morgan fingerprint density at radius 3 is 1.64 bits per heavy atom. The third kappa shape index (κ3) is 17.7. The van der Waals surface area contributed by atoms with Crippen molar-refractivity contribution in [1.29, 1.82) is 0 Å². The lowest BCUT2D eigenvalue weighted by atomic mass is 10.7. The van der Waals surface area contributed by atoms with Crippen LogP contribution in [0, 0.1) is 0 Å². The van der Waals surface area contributed by atoms with Crippen LogP contribution in [-0.4, -0.2) is 42.4 Å². The van der Waals surface area contributed by atoms with Gasteiger partial charge in [0.1, 0.15) is 0 Å². The zero-order valence-electron chi connectivity index (χ0n) is 7.72. The minimum absolute atomic E-state index is 0.0741. The molecule has 0 aromatic rings. The summed E-state index contributed by atoms with van der Waals surface area (Å²) in [6.45, 7) is 6.39. The Labute approximate surface area is 74.4 Å². The second kappa shape index (κ2) is 9.65. The number of aliphatic hydroxyl groups is 1. The molecule has 3 nitrogen and oxygen atoms in total. The SMILES string of the molecule is CCNCC.CN(C)C(O)=S. The third-order valence-electron chi connectivity index (χ3n) is 0.883. The molecule has 0 bridgehead atoms. The molecule has 0 fully saturated rings. The molecule has 0 aliphatic carbocycles. The summed E-state index contributed by atoms with van der Waals surface area (Å²) in [5, 5.41) is 11.3. The topological polar surface area (TPSA) is 35.5 Å². The second-order valence-corrected chi connectivity index (χ2v) is 2.50. The first-order valence-corrected chi connectivity index (χ1v) is 4.08. The number of aliphatic hydroxyl groups excluding tert-OH is 1. The van der Waals surface area contributed by atoms with Crippen LogP contribution in [0.25, 0.3) is 0 Å². The minimum Gasteiger partial charge on any atom is -0.487 e. The molecule has 4 heteroatoms. The summed E-state index contributed by atoms with van der Waals surface area (Å²) < 4.78 is 0. The van der Waals surface area contributed by atoms with E-state index in [1.165, 1.54) is 4.90 Å². The van der Waals surface area contributed by atoms with E-state index in [9.17, 15) is 0 Å². The first kappa shape index (κ1) is 13.3. The van der Waals surface area contributed by atoms with Gasteiger partial charge in [0.25, 0.3) is 5.17 Å². The van der Waals surface area contributed by atoms with Gasteiger partial charge in [-0.3, -0.25) is 0 Å². The number of hydrogen-bond acceptors (Lipinski definition) is 2. The molecule has 68 valence electrons. The zero-order valence-corrected chi connectivity index (χ0v) is 8.53. The van der Waals surface area contributed by atoms with Gasteiger partial charge in [0.05, 0.1) is 0 Å². The Balaban J connectivity index is 0. The van der Waals surface area contributed by atoms with Crippen molar-refractivity contribution in [2.45, 2.75) is 13.8 Å². The van der Waals surface area contributed by atoms with E-state index in [-0.39, 0.29) is 5.17 Å². The van der Waals surface area contributed by atoms with Gasteiger partial charge >= 0.3 is 0 Å². The monoisotopic (exact) mass is 178 g/mol. The van der Waals surface area contributed by atoms with Crippen molar-refractivity contribution in [1.82, 2.24) is 10.2 Å². The Morgan fingerprint density at radius 2 is 1.64 bits per heavy atom. The van der Waals surface area contributed by atoms with Gasteiger partial charge < -0.3 is 15.3 Å². The van der Waals surface area contributed by atoms with Gasteiger partial charge in [-0.15, -0.1) is 0 Å². The summed E-state index contributed by atoms with van der Waals surface area (Å²) in [6, 6.07) is 0. The molecule has 0 spiro atoms. The van der Waals surface area contributed by atoms with E-state index in [1.807, 2.05) is 0 Å². The Kier molecular flexibility index (Phi) is 11.6. The van der Waals surface area contributed by atoms with E-state index in [0.29, 0.717) is 0 Å². The van der Waals surface area contributed by atoms with E-state index in [1.54, 1.807) is 14.1 Å². The average Bonchev–Trinajstić information content (AvgIpc) is 1.90. The molecule has 0 aromatic heterocycles. The molecule has 0 amide bonds. The molecule has 0 aliphatic rings. The summed E-state index contributed by atoms with van der Waals surface area (Å²) in [4.78, 5) is 1.45. The summed E-state index contributed by atoms with van der Waals surface area (Å²) >= 11 is 4.30. The number of thiocarbonyl (C=S) groups is 1. The molecule has 0 rings (SSSR count). The quantitative estimate of drug-likeness (QED) is 0.619. The van der Waals surface area contributed by atoms with Crippen molar-refractivity contribution in [3.8, 4) is 0 Å². The first-order chi connectivity index (χ1) is 5.06. The van der Waals surface area contributed by atoms with Crippen molar-refractivity contribution < 1.29 is 5.11 Å². The Bertz CT molecular complexity index is 94.4. The van der Waals surface area contributed by atoms with E-state index < -0.39 is 0 Å². The number of nitrogens with one attached hydrogen (secondary N) is 1. The van der Waals surface area contributed by atoms with Crippen LogP contribution >= 0.6 is 12.2 Å². The molecule has 0 atom stereocenters. The van der Waals surface area contributed by atoms with Crippen molar-refractivity contribution in [3.05, 3.63) is 0 Å². The highest BCUT2D eigenvalue weighted by Gasteiger charge is 1.86. The lowest BCUT2D eigenvalue weighted by Gasteiger charge is -2.03. The number of rotatable bonds is 2. The van der Waals surface area contributed by atoms with E-state index >= 15 is 0 Å². The number of nitrogens with zero attached hydrogens (tertiary/aromatic N) is 1. The molecular formula is C7H18N2OS. The van der Waals surface area contributed by atoms with Gasteiger partial charge in [0, 0.05) is 14.1 Å². The van der Waals surface area contributed by atoms with Crippen LogP contribution < -0.4 is 5.32 Å². The zero-order chi connectivity index (χ0) is 9.28. The summed E-state index contributed by atoms with van der Waals surface area (Å²) in [6.07, 6.45) is 0. The lowest BCUT2D eigenvalue weighted by molar-refractivity contribution is 0.442. The molecule has 2 N–H and O–H groups in total. The predicted octanol–water partition coefficient (Wildman–Crippen LogP) is 1.01. The summed E-state index contributed by atoms with van der Waals surface area (Å²) in [7, 11) is 3.37. The average molecular weight is 178 g/mol. The fourth-order valence-corrected chi connectivity index (χ4v) is 0.250. The lowest BCUT2D eigenvalue weighted by Crippen LogP contribution is -2.17. The second-order valence-electron chi connectivity index (χ2n) is 2.13. The summed E-state index contributed by atoms with van der Waals surface area (Å²) in [5.74, 6) is 0. The highest BCUT2D eigenvalue weighted by molar-refractivity contribution is 7.79. The van der Waals surface area contributed by atoms with Crippen molar-refractivity contribution in [2.75, 3.05) is 27.2 Å². The van der Waals surface area contributed by atoms with Crippen LogP contribution in [0.5, 0.6) is 0 Å². The summed E-state index contributed by atoms with van der Waals surface area (Å²) in [5.41, 5.74) is 0. The molecule has 11 heavy (non-hydrogen) atoms. The van der Waals surface area contributed by atoms with Gasteiger partial charge in [-0.25, -0.2) is 0 Å². The van der Waals surface area contributed by atoms with Crippen LogP contribution in [0.15, 0.2) is 0 Å². The smallest absolute Gasteiger partial charge is 0.256 e. The maximum atomic E-state index is 8.29. The Morgan fingerprint density at radius 1 is 1.36 bits per heavy atom. The van der Waals surface area contributed by atoms with Crippen LogP contribution in [0.1, 0.15) is 13.8 Å². The molecule has 0 unspecified atom stereocenters. The minimum atomic E-state index is -0.0741. The highest BCUT2D eigenvalue weighted by atomic mass is 32.1. The fraction of sp³-hybridized carbons (Fsp3) is 0.857. The normalized spacial score (nSPS) is 8.00. The first-order valence-electron chi connectivity index (χ1n) is 3.67. The van der Waals surface area contributed by atoms with E-state index in [4.69, 9.17) is 5.11 Å². The molecule has 0 saturated carbocycles.